The highest BCUT2D eigenvalue weighted by Crippen LogP contribution is 2.38. The van der Waals surface area contributed by atoms with Crippen LogP contribution in [0.4, 0.5) is 20.2 Å². The van der Waals surface area contributed by atoms with Crippen molar-refractivity contribution < 1.29 is 13.5 Å². The highest BCUT2D eigenvalue weighted by Gasteiger charge is 2.42. The van der Waals surface area contributed by atoms with E-state index >= 15 is 0 Å². The molecule has 3 rings (SSSR count). The topological polar surface area (TPSA) is 33.3 Å². The summed E-state index contributed by atoms with van der Waals surface area (Å²) in [5.41, 5.74) is 0.728. The van der Waals surface area contributed by atoms with Crippen LogP contribution in [0.3, 0.4) is 0 Å². The van der Waals surface area contributed by atoms with Crippen LogP contribution in [-0.2, 0) is 4.74 Å². The normalized spacial score (nSPS) is 30.9. The van der Waals surface area contributed by atoms with E-state index in [4.69, 9.17) is 4.74 Å². The van der Waals surface area contributed by atoms with Crippen molar-refractivity contribution >= 4 is 11.4 Å². The lowest BCUT2D eigenvalue weighted by Crippen LogP contribution is -2.40. The number of hydrogen-bond acceptors (Lipinski definition) is 3. The minimum absolute atomic E-state index is 0.0810. The molecule has 3 nitrogen and oxygen atoms in total. The van der Waals surface area contributed by atoms with Crippen LogP contribution >= 0.6 is 0 Å². The zero-order valence-electron chi connectivity index (χ0n) is 9.52. The Morgan fingerprint density at radius 3 is 3.06 bits per heavy atom. The fourth-order valence-corrected chi connectivity index (χ4v) is 2.45. The van der Waals surface area contributed by atoms with Gasteiger partial charge in [0.15, 0.2) is 5.82 Å². The highest BCUT2D eigenvalue weighted by atomic mass is 19.1. The summed E-state index contributed by atoms with van der Waals surface area (Å²) >= 11 is 0. The van der Waals surface area contributed by atoms with E-state index in [1.807, 2.05) is 0 Å². The number of nitrogens with one attached hydrogen (secondary N) is 2. The Bertz CT molecular complexity index is 466. The van der Waals surface area contributed by atoms with Crippen LogP contribution < -0.4 is 10.6 Å². The molecule has 0 aromatic heterocycles. The monoisotopic (exact) mass is 240 g/mol. The van der Waals surface area contributed by atoms with Crippen molar-refractivity contribution in [3.63, 3.8) is 0 Å². The van der Waals surface area contributed by atoms with Gasteiger partial charge in [0.2, 0.25) is 0 Å². The van der Waals surface area contributed by atoms with Gasteiger partial charge in [0.1, 0.15) is 5.82 Å². The minimum atomic E-state index is -0.571. The summed E-state index contributed by atoms with van der Waals surface area (Å²) in [6.45, 7) is 3.87. The van der Waals surface area contributed by atoms with E-state index < -0.39 is 11.6 Å². The molecule has 2 aliphatic rings. The molecule has 5 heteroatoms. The third kappa shape index (κ3) is 1.65. The summed E-state index contributed by atoms with van der Waals surface area (Å²) in [5, 5.41) is 6.22. The van der Waals surface area contributed by atoms with Crippen LogP contribution in [0.1, 0.15) is 6.92 Å². The smallest absolute Gasteiger partial charge is 0.151 e. The fourth-order valence-electron chi connectivity index (χ4n) is 2.45. The van der Waals surface area contributed by atoms with Gasteiger partial charge in [0.25, 0.3) is 0 Å². The summed E-state index contributed by atoms with van der Waals surface area (Å²) in [7, 11) is 0. The second kappa shape index (κ2) is 3.57. The van der Waals surface area contributed by atoms with Crippen molar-refractivity contribution in [2.45, 2.75) is 13.0 Å². The molecule has 2 heterocycles. The van der Waals surface area contributed by atoms with Crippen LogP contribution in [0.5, 0.6) is 0 Å². The first-order chi connectivity index (χ1) is 8.08. The second-order valence-electron chi connectivity index (χ2n) is 5.03. The number of rotatable bonds is 0. The average Bonchev–Trinajstić information content (AvgIpc) is 2.53. The fraction of sp³-hybridized carbons (Fsp3) is 0.500. The van der Waals surface area contributed by atoms with Gasteiger partial charge in [-0.3, -0.25) is 0 Å². The largest absolute Gasteiger partial charge is 0.380 e. The molecule has 17 heavy (non-hydrogen) atoms. The van der Waals surface area contributed by atoms with Gasteiger partial charge in [-0.1, -0.05) is 6.92 Å². The summed E-state index contributed by atoms with van der Waals surface area (Å²) in [5.74, 6) is -1.13. The van der Waals surface area contributed by atoms with Crippen LogP contribution in [0, 0.1) is 17.0 Å². The first kappa shape index (κ1) is 10.8. The molecule has 1 aromatic rings. The van der Waals surface area contributed by atoms with Crippen LogP contribution in [0.2, 0.25) is 0 Å². The van der Waals surface area contributed by atoms with Crippen LogP contribution in [0.15, 0.2) is 12.1 Å². The highest BCUT2D eigenvalue weighted by molar-refractivity contribution is 5.71. The van der Waals surface area contributed by atoms with Gasteiger partial charge in [0.05, 0.1) is 30.6 Å². The van der Waals surface area contributed by atoms with Crippen molar-refractivity contribution in [1.82, 2.24) is 0 Å². The Balaban J connectivity index is 2.03. The van der Waals surface area contributed by atoms with E-state index in [1.165, 1.54) is 6.07 Å². The number of hydrogen-bond donors (Lipinski definition) is 2. The Labute approximate surface area is 98.2 Å². The molecule has 1 saturated heterocycles. The molecular formula is C12H14F2N2O. The molecule has 2 atom stereocenters. The van der Waals surface area contributed by atoms with Gasteiger partial charge in [-0.2, -0.15) is 0 Å². The van der Waals surface area contributed by atoms with Crippen molar-refractivity contribution in [2.24, 2.45) is 5.41 Å². The number of ether oxygens (including phenoxy) is 1. The van der Waals surface area contributed by atoms with Crippen molar-refractivity contribution in [2.75, 3.05) is 30.4 Å². The molecule has 0 aliphatic carbocycles. The lowest BCUT2D eigenvalue weighted by atomic mass is 9.85. The first-order valence-electron chi connectivity index (χ1n) is 5.66. The van der Waals surface area contributed by atoms with Crippen LogP contribution in [0.25, 0.3) is 0 Å². The van der Waals surface area contributed by atoms with Gasteiger partial charge >= 0.3 is 0 Å². The Kier molecular flexibility index (Phi) is 2.26. The Morgan fingerprint density at radius 1 is 1.41 bits per heavy atom. The maximum atomic E-state index is 13.6. The van der Waals surface area contributed by atoms with Gasteiger partial charge in [-0.05, 0) is 6.07 Å². The van der Waals surface area contributed by atoms with E-state index in [9.17, 15) is 8.78 Å². The summed E-state index contributed by atoms with van der Waals surface area (Å²) in [6.07, 6.45) is 0. The number of anilines is 2. The predicted molar refractivity (Wildman–Crippen MR) is 61.2 cm³/mol. The minimum Gasteiger partial charge on any atom is -0.380 e. The van der Waals surface area contributed by atoms with Gasteiger partial charge in [-0.25, -0.2) is 8.78 Å². The van der Waals surface area contributed by atoms with E-state index in [1.54, 1.807) is 0 Å². The van der Waals surface area contributed by atoms with Crippen molar-refractivity contribution in [1.29, 1.82) is 0 Å². The maximum absolute atomic E-state index is 13.6. The lowest BCUT2D eigenvalue weighted by Gasteiger charge is -2.27. The van der Waals surface area contributed by atoms with E-state index in [0.717, 1.165) is 6.07 Å². The molecule has 1 fully saturated rings. The zero-order chi connectivity index (χ0) is 12.0. The third-order valence-corrected chi connectivity index (χ3v) is 3.61. The number of benzene rings is 1. The SMILES string of the molecule is CC12CNc3c(F)cc(F)cc3NC1COC2. The number of halogens is 2. The second-order valence-corrected chi connectivity index (χ2v) is 5.03. The standard InChI is InChI=1S/C12H14F2N2O/c1-12-5-15-11-8(14)2-7(13)3-9(11)16-10(12)4-17-6-12/h2-3,10,15-16H,4-6H2,1H3. The molecule has 2 unspecified atom stereocenters. The van der Waals surface area contributed by atoms with Gasteiger partial charge in [-0.15, -0.1) is 0 Å². The predicted octanol–water partition coefficient (Wildman–Crippen LogP) is 2.21. The van der Waals surface area contributed by atoms with Crippen LogP contribution in [-0.4, -0.2) is 25.8 Å². The molecule has 92 valence electrons. The first-order valence-corrected chi connectivity index (χ1v) is 5.66. The van der Waals surface area contributed by atoms with Crippen molar-refractivity contribution in [3.05, 3.63) is 23.8 Å². The molecule has 0 spiro atoms. The number of fused-ring (bicyclic) bond motifs is 2. The summed E-state index contributed by atoms with van der Waals surface area (Å²) in [4.78, 5) is 0. The lowest BCUT2D eigenvalue weighted by molar-refractivity contribution is 0.164. The van der Waals surface area contributed by atoms with E-state index in [-0.39, 0.29) is 11.5 Å². The summed E-state index contributed by atoms with van der Waals surface area (Å²) < 4.78 is 32.3. The molecule has 0 saturated carbocycles. The molecule has 2 N–H and O–H groups in total. The quantitative estimate of drug-likeness (QED) is 0.729. The third-order valence-electron chi connectivity index (χ3n) is 3.61. The van der Waals surface area contributed by atoms with E-state index in [0.29, 0.717) is 31.1 Å². The molecule has 0 radical (unpaired) electrons. The van der Waals surface area contributed by atoms with Gasteiger partial charge in [0, 0.05) is 18.0 Å². The summed E-state index contributed by atoms with van der Waals surface area (Å²) in [6, 6.07) is 2.29. The Morgan fingerprint density at radius 2 is 2.24 bits per heavy atom. The molecule has 0 bridgehead atoms. The van der Waals surface area contributed by atoms with Crippen molar-refractivity contribution in [3.8, 4) is 0 Å². The van der Waals surface area contributed by atoms with E-state index in [2.05, 4.69) is 17.6 Å². The molecular weight excluding hydrogens is 226 g/mol. The maximum Gasteiger partial charge on any atom is 0.151 e. The zero-order valence-corrected chi connectivity index (χ0v) is 9.52. The van der Waals surface area contributed by atoms with Gasteiger partial charge < -0.3 is 15.4 Å². The average molecular weight is 240 g/mol. The molecule has 0 amide bonds. The Hall–Kier alpha value is -1.36. The molecule has 1 aromatic carbocycles. The molecule has 2 aliphatic heterocycles.